The fraction of sp³-hybridized carbons (Fsp3) is 0.125. The van der Waals surface area contributed by atoms with Crippen molar-refractivity contribution < 1.29 is 9.90 Å². The Bertz CT molecular complexity index is 386. The van der Waals surface area contributed by atoms with Crippen LogP contribution in [0.1, 0.15) is 4.88 Å². The monoisotopic (exact) mass is 260 g/mol. The molecule has 0 bridgehead atoms. The Kier molecular flexibility index (Phi) is 5.30. The van der Waals surface area contributed by atoms with Crippen LogP contribution in [0.5, 0.6) is 0 Å². The molecule has 0 atom stereocenters. The average molecular weight is 260 g/mol. The van der Waals surface area contributed by atoms with Crippen molar-refractivity contribution in [1.29, 1.82) is 0 Å². The summed E-state index contributed by atoms with van der Waals surface area (Å²) in [5, 5.41) is 17.2. The van der Waals surface area contributed by atoms with Gasteiger partial charge >= 0.3 is 5.97 Å². The summed E-state index contributed by atoms with van der Waals surface area (Å²) in [6, 6.07) is 3.67. The Balaban J connectivity index is 0.000000162. The third-order valence-electron chi connectivity index (χ3n) is 1.25. The number of nitrogens with zero attached hydrogens (tertiary/aromatic N) is 2. The van der Waals surface area contributed by atoms with E-state index in [9.17, 15) is 4.79 Å². The number of carboxylic acids is 1. The number of aliphatic carboxylic acids is 1. The van der Waals surface area contributed by atoms with Crippen LogP contribution in [0.4, 0.5) is 0 Å². The van der Waals surface area contributed by atoms with Gasteiger partial charge in [-0.1, -0.05) is 17.4 Å². The molecule has 7 heteroatoms. The van der Waals surface area contributed by atoms with E-state index >= 15 is 0 Å². The van der Waals surface area contributed by atoms with E-state index in [0.29, 0.717) is 0 Å². The Morgan fingerprint density at radius 2 is 2.33 bits per heavy atom. The first-order chi connectivity index (χ1) is 7.18. The smallest absolute Gasteiger partial charge is 0.308 e. The SMILES string of the molecule is O=C(O)Cc1cccs1.Sc1nncs1. The maximum Gasteiger partial charge on any atom is 0.308 e. The molecule has 2 aromatic heterocycles. The average Bonchev–Trinajstić information content (AvgIpc) is 2.78. The van der Waals surface area contributed by atoms with Gasteiger partial charge in [0.15, 0.2) is 4.34 Å². The molecule has 0 unspecified atom stereocenters. The molecule has 0 aliphatic carbocycles. The van der Waals surface area contributed by atoms with Gasteiger partial charge in [-0.15, -0.1) is 34.2 Å². The molecule has 0 fully saturated rings. The molecule has 2 aromatic rings. The molecule has 80 valence electrons. The fourth-order valence-electron chi connectivity index (χ4n) is 0.729. The lowest BCUT2D eigenvalue weighted by Gasteiger charge is -1.85. The highest BCUT2D eigenvalue weighted by Crippen LogP contribution is 2.08. The van der Waals surface area contributed by atoms with Crippen LogP contribution in [-0.2, 0) is 11.2 Å². The van der Waals surface area contributed by atoms with Crippen LogP contribution in [0, 0.1) is 0 Å². The van der Waals surface area contributed by atoms with E-state index in [1.165, 1.54) is 22.7 Å². The lowest BCUT2D eigenvalue weighted by Crippen LogP contribution is -1.96. The maximum atomic E-state index is 10.1. The van der Waals surface area contributed by atoms with Crippen LogP contribution in [-0.4, -0.2) is 21.3 Å². The highest BCUT2D eigenvalue weighted by atomic mass is 32.2. The van der Waals surface area contributed by atoms with Crippen molar-refractivity contribution in [2.45, 2.75) is 10.8 Å². The van der Waals surface area contributed by atoms with Crippen molar-refractivity contribution in [3.8, 4) is 0 Å². The molecule has 0 aliphatic rings. The van der Waals surface area contributed by atoms with Crippen molar-refractivity contribution >= 4 is 41.3 Å². The fourth-order valence-corrected chi connectivity index (χ4v) is 1.90. The molecular weight excluding hydrogens is 252 g/mol. The number of hydrogen-bond acceptors (Lipinski definition) is 6. The minimum absolute atomic E-state index is 0.150. The summed E-state index contributed by atoms with van der Waals surface area (Å²) in [7, 11) is 0. The number of rotatable bonds is 2. The van der Waals surface area contributed by atoms with Gasteiger partial charge in [-0.2, -0.15) is 0 Å². The normalized spacial score (nSPS) is 9.13. The van der Waals surface area contributed by atoms with Crippen molar-refractivity contribution in [1.82, 2.24) is 10.2 Å². The van der Waals surface area contributed by atoms with Crippen molar-refractivity contribution in [2.75, 3.05) is 0 Å². The zero-order valence-electron chi connectivity index (χ0n) is 7.53. The van der Waals surface area contributed by atoms with Gasteiger partial charge in [0.25, 0.3) is 0 Å². The summed E-state index contributed by atoms with van der Waals surface area (Å²) < 4.78 is 0.718. The van der Waals surface area contributed by atoms with E-state index in [1.807, 2.05) is 17.5 Å². The zero-order chi connectivity index (χ0) is 11.1. The van der Waals surface area contributed by atoms with Gasteiger partial charge in [0.1, 0.15) is 5.51 Å². The number of thiol groups is 1. The van der Waals surface area contributed by atoms with Gasteiger partial charge in [-0.05, 0) is 11.4 Å². The predicted octanol–water partition coefficient (Wildman–Crippen LogP) is 2.20. The number of hydrogen-bond donors (Lipinski definition) is 2. The van der Waals surface area contributed by atoms with E-state index in [0.717, 1.165) is 9.22 Å². The Morgan fingerprint density at radius 3 is 2.67 bits per heavy atom. The summed E-state index contributed by atoms with van der Waals surface area (Å²) in [5.74, 6) is -0.766. The Morgan fingerprint density at radius 1 is 1.53 bits per heavy atom. The molecule has 0 aromatic carbocycles. The second-order valence-corrected chi connectivity index (χ2v) is 4.96. The highest BCUT2D eigenvalue weighted by Gasteiger charge is 1.98. The van der Waals surface area contributed by atoms with Crippen LogP contribution in [0.3, 0.4) is 0 Å². The first-order valence-electron chi connectivity index (χ1n) is 3.88. The minimum atomic E-state index is -0.766. The van der Waals surface area contributed by atoms with Crippen molar-refractivity contribution in [3.05, 3.63) is 27.9 Å². The van der Waals surface area contributed by atoms with Gasteiger partial charge in [0.2, 0.25) is 0 Å². The van der Waals surface area contributed by atoms with E-state index in [1.54, 1.807) is 5.51 Å². The molecule has 4 nitrogen and oxygen atoms in total. The largest absolute Gasteiger partial charge is 0.481 e. The van der Waals surface area contributed by atoms with Crippen molar-refractivity contribution in [3.63, 3.8) is 0 Å². The zero-order valence-corrected chi connectivity index (χ0v) is 10.1. The number of aromatic nitrogens is 2. The van der Waals surface area contributed by atoms with Gasteiger partial charge in [0.05, 0.1) is 6.42 Å². The third-order valence-corrected chi connectivity index (χ3v) is 3.03. The maximum absolute atomic E-state index is 10.1. The first kappa shape index (κ1) is 12.2. The standard InChI is InChI=1S/C6H6O2S.C2H2N2S2/c7-6(8)4-5-2-1-3-9-5;5-2-4-3-1-6-2/h1-3H,4H2,(H,7,8);1H,(H,4,5). The topological polar surface area (TPSA) is 63.1 Å². The highest BCUT2D eigenvalue weighted by molar-refractivity contribution is 7.82. The second kappa shape index (κ2) is 6.54. The molecule has 15 heavy (non-hydrogen) atoms. The Labute approximate surface area is 100 Å². The molecule has 2 rings (SSSR count). The molecule has 0 radical (unpaired) electrons. The predicted molar refractivity (Wildman–Crippen MR) is 62.8 cm³/mol. The van der Waals surface area contributed by atoms with Crippen molar-refractivity contribution in [2.24, 2.45) is 0 Å². The van der Waals surface area contributed by atoms with Crippen LogP contribution in [0.25, 0.3) is 0 Å². The quantitative estimate of drug-likeness (QED) is 0.813. The summed E-state index contributed by atoms with van der Waals surface area (Å²) in [5.41, 5.74) is 1.64. The van der Waals surface area contributed by atoms with Crippen LogP contribution >= 0.6 is 35.3 Å². The second-order valence-electron chi connectivity index (χ2n) is 2.37. The van der Waals surface area contributed by atoms with E-state index < -0.39 is 5.97 Å². The van der Waals surface area contributed by atoms with Crippen LogP contribution in [0.2, 0.25) is 0 Å². The number of carbonyl (C=O) groups is 1. The molecule has 0 saturated carbocycles. The molecule has 0 aliphatic heterocycles. The summed E-state index contributed by atoms with van der Waals surface area (Å²) >= 11 is 6.77. The lowest BCUT2D eigenvalue weighted by molar-refractivity contribution is -0.136. The van der Waals surface area contributed by atoms with E-state index in [4.69, 9.17) is 5.11 Å². The molecule has 0 amide bonds. The molecule has 2 heterocycles. The number of carboxylic acid groups (broad SMARTS) is 1. The van der Waals surface area contributed by atoms with Crippen LogP contribution < -0.4 is 0 Å². The first-order valence-corrected chi connectivity index (χ1v) is 6.08. The third kappa shape index (κ3) is 5.50. The lowest BCUT2D eigenvalue weighted by atomic mass is 10.3. The molecule has 0 spiro atoms. The van der Waals surface area contributed by atoms with Gasteiger partial charge < -0.3 is 5.11 Å². The van der Waals surface area contributed by atoms with Gasteiger partial charge in [0, 0.05) is 4.88 Å². The van der Waals surface area contributed by atoms with E-state index in [2.05, 4.69) is 22.8 Å². The molecule has 0 saturated heterocycles. The van der Waals surface area contributed by atoms with Gasteiger partial charge in [-0.25, -0.2) is 0 Å². The summed E-state index contributed by atoms with van der Waals surface area (Å²) in [6.45, 7) is 0. The minimum Gasteiger partial charge on any atom is -0.481 e. The summed E-state index contributed by atoms with van der Waals surface area (Å²) in [6.07, 6.45) is 0.150. The van der Waals surface area contributed by atoms with Gasteiger partial charge in [-0.3, -0.25) is 4.79 Å². The van der Waals surface area contributed by atoms with E-state index in [-0.39, 0.29) is 6.42 Å². The van der Waals surface area contributed by atoms with Crippen LogP contribution in [0.15, 0.2) is 27.4 Å². The molecule has 1 N–H and O–H groups in total. The molecular formula is C8H8N2O2S3. The number of thiophene rings is 1. The Hall–Kier alpha value is -0.920. The summed E-state index contributed by atoms with van der Waals surface area (Å²) in [4.78, 5) is 11.0.